The highest BCUT2D eigenvalue weighted by molar-refractivity contribution is 7.60. The number of aromatic amines is 3. The van der Waals surface area contributed by atoms with E-state index in [2.05, 4.69) is 103 Å². The SMILES string of the molecule is Cc1cc(-c2nc(-c3ccc(N(C)C)cc3)c(-c3ccc(N(C)C)cc3)[nH]2)cc(C)c1OC(=O)Nc1ccccc1.Cc1cc(-c2nc(-c3ccccc3)c(-c3ccccc3)[nH]2)cc(C)c1O.Cc1cc(C)c(O)c(-c2nc(-c3ccc(N(C)C)cc3)c(CCc3ccccc3P(=O)(O)O)[nH]2)c1. The Bertz CT molecular complexity index is 4950. The van der Waals surface area contributed by atoms with Gasteiger partial charge in [0.15, 0.2) is 0 Å². The Labute approximate surface area is 596 Å². The van der Waals surface area contributed by atoms with Gasteiger partial charge in [-0.05, 0) is 178 Å². The molecule has 0 fully saturated rings. The van der Waals surface area contributed by atoms with E-state index < -0.39 is 13.7 Å². The Hall–Kier alpha value is -11.8. The van der Waals surface area contributed by atoms with Gasteiger partial charge in [0, 0.05) is 110 Å². The van der Waals surface area contributed by atoms with Gasteiger partial charge in [-0.15, -0.1) is 0 Å². The monoisotopic (exact) mass is 1380 g/mol. The Kier molecular flexibility index (Phi) is 21.9. The summed E-state index contributed by atoms with van der Waals surface area (Å²) in [6.07, 6.45) is 0.380. The zero-order valence-corrected chi connectivity index (χ0v) is 60.3. The first-order valence-corrected chi connectivity index (χ1v) is 35.1. The van der Waals surface area contributed by atoms with E-state index >= 15 is 0 Å². The molecule has 0 aliphatic heterocycles. The van der Waals surface area contributed by atoms with E-state index in [0.717, 1.165) is 135 Å². The normalized spacial score (nSPS) is 11.1. The summed E-state index contributed by atoms with van der Waals surface area (Å²) in [7, 11) is 7.70. The topological polar surface area (TPSA) is 232 Å². The lowest BCUT2D eigenvalue weighted by atomic mass is 10.0. The van der Waals surface area contributed by atoms with Crippen molar-refractivity contribution in [2.75, 3.05) is 62.3 Å². The summed E-state index contributed by atoms with van der Waals surface area (Å²) >= 11 is 0. The third kappa shape index (κ3) is 16.8. The zero-order valence-electron chi connectivity index (χ0n) is 59.4. The van der Waals surface area contributed by atoms with E-state index in [9.17, 15) is 29.4 Å². The Morgan fingerprint density at radius 3 is 1.32 bits per heavy atom. The number of nitrogens with zero attached hydrogens (tertiary/aromatic N) is 6. The fraction of sp³-hybridized carbons (Fsp3) is 0.167. The first-order chi connectivity index (χ1) is 48.9. The van der Waals surface area contributed by atoms with Crippen LogP contribution in [0, 0.1) is 41.5 Å². The number of rotatable bonds is 17. The number of phenolic OH excluding ortho intramolecular Hbond substituents is 2. The van der Waals surface area contributed by atoms with Gasteiger partial charge in [0.1, 0.15) is 34.7 Å². The van der Waals surface area contributed by atoms with Gasteiger partial charge in [0.05, 0.1) is 39.3 Å². The molecular formula is C84H85N10O7P. The highest BCUT2D eigenvalue weighted by Crippen LogP contribution is 2.41. The molecule has 17 nitrogen and oxygen atoms in total. The van der Waals surface area contributed by atoms with E-state index in [-0.39, 0.29) is 11.1 Å². The second-order valence-corrected chi connectivity index (χ2v) is 27.6. The number of imidazole rings is 3. The van der Waals surface area contributed by atoms with E-state index in [4.69, 9.17) is 19.7 Å². The lowest BCUT2D eigenvalue weighted by Crippen LogP contribution is -2.17. The molecule has 0 radical (unpaired) electrons. The van der Waals surface area contributed by atoms with Crippen LogP contribution in [0.1, 0.15) is 44.6 Å². The van der Waals surface area contributed by atoms with Crippen LogP contribution >= 0.6 is 7.60 Å². The minimum Gasteiger partial charge on any atom is -0.507 e. The van der Waals surface area contributed by atoms with E-state index in [0.29, 0.717) is 47.0 Å². The summed E-state index contributed by atoms with van der Waals surface area (Å²) in [6.45, 7) is 11.5. The first kappa shape index (κ1) is 71.5. The fourth-order valence-electron chi connectivity index (χ4n) is 12.3. The molecule has 18 heteroatoms. The van der Waals surface area contributed by atoms with Gasteiger partial charge >= 0.3 is 13.7 Å². The number of nitrogens with one attached hydrogen (secondary N) is 4. The van der Waals surface area contributed by atoms with Crippen molar-refractivity contribution in [2.45, 2.75) is 54.4 Å². The lowest BCUT2D eigenvalue weighted by Gasteiger charge is -2.13. The lowest BCUT2D eigenvalue weighted by molar-refractivity contribution is 0.214. The minimum atomic E-state index is -4.39. The number of hydrogen-bond acceptors (Lipinski definition) is 11. The van der Waals surface area contributed by atoms with Gasteiger partial charge in [0.2, 0.25) is 0 Å². The molecule has 10 aromatic carbocycles. The number of H-pyrrole nitrogens is 3. The van der Waals surface area contributed by atoms with E-state index in [1.54, 1.807) is 18.2 Å². The molecule has 0 saturated heterocycles. The van der Waals surface area contributed by atoms with Crippen molar-refractivity contribution in [2.24, 2.45) is 0 Å². The third-order valence-electron chi connectivity index (χ3n) is 17.6. The van der Waals surface area contributed by atoms with Gasteiger partial charge in [0.25, 0.3) is 0 Å². The number of carbonyl (C=O) groups is 1. The predicted octanol–water partition coefficient (Wildman–Crippen LogP) is 18.2. The van der Waals surface area contributed by atoms with Crippen LogP contribution in [-0.4, -0.2) is 98.3 Å². The maximum atomic E-state index is 12.6. The van der Waals surface area contributed by atoms with Crippen LogP contribution in [0.2, 0.25) is 0 Å². The minimum absolute atomic E-state index is 0.0450. The molecule has 3 heterocycles. The molecule has 0 bridgehead atoms. The molecule has 0 atom stereocenters. The number of aryl methyl sites for hydroxylation is 8. The standard InChI is InChI=1S/C34H35N5O2.C27H30N3O4P.C23H20N2O/c1-22-20-26(21-23(2)32(22)41-34(40)35-27-10-8-7-9-11-27)33-36-30(24-12-16-28(17-13-24)38(3)4)31(37-33)25-14-18-29(19-15-25)39(5)6;1-17-15-18(2)26(31)22(16-17)27-28-23(14-11-19-7-5-6-8-24(19)35(32,33)34)25(29-27)20-9-12-21(13-10-20)30(3)4;1-15-13-19(14-16(2)22(15)26)23-24-20(17-9-5-3-6-10-17)21(25-23)18-11-7-4-8-12-18/h7-21H,1-6H3,(H,35,40)(H,36,37);5-10,12-13,15-16,31H,11,14H2,1-4H3,(H,28,29)(H2,32,33,34);3-14,26H,1-2H3,(H,24,25). The smallest absolute Gasteiger partial charge is 0.417 e. The zero-order chi connectivity index (χ0) is 72.5. The van der Waals surface area contributed by atoms with E-state index in [1.807, 2.05) is 216 Å². The summed E-state index contributed by atoms with van der Waals surface area (Å²) < 4.78 is 17.7. The van der Waals surface area contributed by atoms with Crippen molar-refractivity contribution in [1.82, 2.24) is 29.9 Å². The number of carbonyl (C=O) groups excluding carboxylic acids is 1. The number of anilines is 4. The molecule has 0 aliphatic rings. The van der Waals surface area contributed by atoms with Crippen LogP contribution in [0.15, 0.2) is 224 Å². The van der Waals surface area contributed by atoms with Gasteiger partial charge in [-0.3, -0.25) is 9.88 Å². The highest BCUT2D eigenvalue weighted by Gasteiger charge is 2.24. The number of hydrogen-bond donors (Lipinski definition) is 8. The Morgan fingerprint density at radius 2 is 0.833 bits per heavy atom. The van der Waals surface area contributed by atoms with Crippen LogP contribution < -0.4 is 30.1 Å². The third-order valence-corrected chi connectivity index (χ3v) is 18.7. The van der Waals surface area contributed by atoms with Crippen LogP contribution in [0.4, 0.5) is 27.5 Å². The average Bonchev–Trinajstić information content (AvgIpc) is 1.65. The molecule has 0 saturated carbocycles. The molecule has 0 unspecified atom stereocenters. The van der Waals surface area contributed by atoms with Crippen LogP contribution in [0.3, 0.4) is 0 Å². The van der Waals surface area contributed by atoms with Gasteiger partial charge in [-0.25, -0.2) is 19.7 Å². The molecule has 1 amide bonds. The Morgan fingerprint density at radius 1 is 0.431 bits per heavy atom. The van der Waals surface area contributed by atoms with Crippen molar-refractivity contribution in [3.05, 3.63) is 269 Å². The summed E-state index contributed by atoms with van der Waals surface area (Å²) in [5, 5.41) is 23.6. The molecule has 13 aromatic rings. The van der Waals surface area contributed by atoms with E-state index in [1.165, 1.54) is 6.07 Å². The molecule has 13 rings (SSSR count). The van der Waals surface area contributed by atoms with Gasteiger partial charge in [-0.1, -0.05) is 140 Å². The molecule has 0 spiro atoms. The largest absolute Gasteiger partial charge is 0.507 e. The number of aromatic nitrogens is 6. The van der Waals surface area contributed by atoms with Gasteiger partial charge in [-0.2, -0.15) is 0 Å². The number of ether oxygens (including phenoxy) is 1. The highest BCUT2D eigenvalue weighted by atomic mass is 31.2. The number of aromatic hydroxyl groups is 2. The average molecular weight is 1380 g/mol. The number of benzene rings is 10. The number of para-hydroxylation sites is 1. The second kappa shape index (κ2) is 31.2. The molecule has 102 heavy (non-hydrogen) atoms. The quantitative estimate of drug-likeness (QED) is 0.0397. The maximum absolute atomic E-state index is 12.6. The second-order valence-electron chi connectivity index (χ2n) is 26.0. The maximum Gasteiger partial charge on any atom is 0.417 e. The van der Waals surface area contributed by atoms with Crippen molar-refractivity contribution >= 4 is 41.7 Å². The predicted molar refractivity (Wildman–Crippen MR) is 416 cm³/mol. The van der Waals surface area contributed by atoms with Crippen LogP contribution in [-0.2, 0) is 17.4 Å². The summed E-state index contributed by atoms with van der Waals surface area (Å²) in [5.74, 6) is 3.15. The summed E-state index contributed by atoms with van der Waals surface area (Å²) in [6, 6.07) is 72.9. The number of amides is 1. The van der Waals surface area contributed by atoms with Crippen molar-refractivity contribution in [3.63, 3.8) is 0 Å². The van der Waals surface area contributed by atoms with Crippen molar-refractivity contribution in [1.29, 1.82) is 0 Å². The molecule has 3 aromatic heterocycles. The van der Waals surface area contributed by atoms with Gasteiger partial charge < -0.3 is 54.4 Å². The Balaban J connectivity index is 0.000000157. The summed E-state index contributed by atoms with van der Waals surface area (Å²) in [5.41, 5.74) is 22.7. The fourth-order valence-corrected chi connectivity index (χ4v) is 13.1. The van der Waals surface area contributed by atoms with Crippen molar-refractivity contribution < 1.29 is 34.1 Å². The number of phenols is 2. The van der Waals surface area contributed by atoms with Crippen molar-refractivity contribution in [3.8, 4) is 108 Å². The first-order valence-electron chi connectivity index (χ1n) is 33.5. The van der Waals surface area contributed by atoms with Crippen LogP contribution in [0.25, 0.3) is 90.5 Å². The molecule has 0 aliphatic carbocycles. The van der Waals surface area contributed by atoms with Crippen LogP contribution in [0.5, 0.6) is 17.2 Å². The summed E-state index contributed by atoms with van der Waals surface area (Å²) in [4.78, 5) is 63.6. The molecule has 518 valence electrons. The molecule has 8 N–H and O–H groups in total. The molecular weight excluding hydrogens is 1290 g/mol.